The van der Waals surface area contributed by atoms with Gasteiger partial charge in [-0.1, -0.05) is 157 Å². The number of amidine groups is 1. The lowest BCUT2D eigenvalue weighted by Crippen LogP contribution is -2.40. The Morgan fingerprint density at radius 2 is 0.471 bits per heavy atom. The minimum absolute atomic E-state index is 0.0490. The molecule has 0 aliphatic rings. The van der Waals surface area contributed by atoms with Crippen LogP contribution in [0.1, 0.15) is 125 Å². The Hall–Kier alpha value is -13.7. The highest BCUT2D eigenvalue weighted by Crippen LogP contribution is 2.32. The van der Waals surface area contributed by atoms with Crippen LogP contribution in [0.5, 0.6) is 0 Å². The molecular weight excluding hydrogens is 1530 g/mol. The number of hydrogen-bond acceptors (Lipinski definition) is 17. The minimum atomic E-state index is -0.879. The van der Waals surface area contributed by atoms with Crippen LogP contribution in [0, 0.1) is 0 Å². The maximum absolute atomic E-state index is 12.5. The first-order valence-corrected chi connectivity index (χ1v) is 38.9. The fraction of sp³-hybridized carbons (Fsp3) is 0.278. The van der Waals surface area contributed by atoms with Crippen molar-refractivity contribution in [3.8, 4) is 66.8 Å². The zero-order valence-electron chi connectivity index (χ0n) is 70.8. The zero-order chi connectivity index (χ0) is 88.2. The van der Waals surface area contributed by atoms with E-state index in [2.05, 4.69) is 100 Å². The molecule has 17 N–H and O–H groups in total. The highest BCUT2D eigenvalue weighted by Gasteiger charge is 2.25. The van der Waals surface area contributed by atoms with Crippen molar-refractivity contribution in [2.24, 2.45) is 47.9 Å². The molecule has 0 bridgehead atoms. The van der Waals surface area contributed by atoms with Gasteiger partial charge in [-0.25, -0.2) is 38.8 Å². The van der Waals surface area contributed by atoms with Crippen LogP contribution in [0.25, 0.3) is 66.8 Å². The molecular formula is C90H110N16O12S. The van der Waals surface area contributed by atoms with Crippen molar-refractivity contribution >= 4 is 111 Å². The van der Waals surface area contributed by atoms with Gasteiger partial charge in [0.25, 0.3) is 0 Å². The third kappa shape index (κ3) is 36.8. The number of guanidine groups is 4. The molecule has 0 aliphatic carbocycles. The van der Waals surface area contributed by atoms with Crippen molar-refractivity contribution in [3.63, 3.8) is 0 Å². The van der Waals surface area contributed by atoms with Gasteiger partial charge in [-0.05, 0) is 270 Å². The van der Waals surface area contributed by atoms with Crippen molar-refractivity contribution in [1.82, 2.24) is 16.0 Å². The standard InChI is InChI=1S/C40H52N6O8.C20H20N6.C18H16N2.C12H22N2O4S/c1-37(2,3)51-33(47)43-31(44-34(48)52-38(4,5)6)41-29-21-17-27(18-22-29)25-13-15-26(16-14-25)28-19-23-30(24-20-28)42-32(45-35(49)53-39(7,8)9)46-36(50)54-40(10,11)12;21-19(22)25-17-9-5-15(6-10-17)13-1-2-14(4-3-13)16-7-11-18(12-8-16)26-20(23)24;19-17-9-5-15(6-10-17)13-1-2-14(4-3-13)16-7-11-18(20)12-8-16;1-11(2,3)17-9(15)13-8(19-7)14-10(16)18-12(4,5)6/h13-24H,1-12H3,(H2,41,43,44,47,48)(H2,42,45,46,49,50);1-12H,(H4,21,22,25)(H4,23,24,26);1-12H,19-20H2;1-7H3,(H,13,14,15,16). The third-order valence-corrected chi connectivity index (χ3v) is 15.4. The fourth-order valence-corrected chi connectivity index (χ4v) is 10.4. The average Bonchev–Trinajstić information content (AvgIpc) is 0.830. The van der Waals surface area contributed by atoms with E-state index in [0.717, 1.165) is 79.0 Å². The molecule has 0 spiro atoms. The highest BCUT2D eigenvalue weighted by molar-refractivity contribution is 8.13. The van der Waals surface area contributed by atoms with Crippen molar-refractivity contribution in [2.45, 2.75) is 158 Å². The van der Waals surface area contributed by atoms with Gasteiger partial charge in [0.2, 0.25) is 11.9 Å². The molecule has 119 heavy (non-hydrogen) atoms. The number of anilines is 4. The number of nitrogen functional groups attached to an aromatic ring is 2. The van der Waals surface area contributed by atoms with E-state index >= 15 is 0 Å². The maximum Gasteiger partial charge on any atom is 0.437 e. The van der Waals surface area contributed by atoms with Crippen molar-refractivity contribution in [3.05, 3.63) is 218 Å². The zero-order valence-corrected chi connectivity index (χ0v) is 71.6. The Morgan fingerprint density at radius 3 is 0.681 bits per heavy atom. The number of benzene rings is 9. The fourth-order valence-electron chi connectivity index (χ4n) is 10.0. The summed E-state index contributed by atoms with van der Waals surface area (Å²) in [4.78, 5) is 92.2. The lowest BCUT2D eigenvalue weighted by Gasteiger charge is -2.21. The molecule has 0 atom stereocenters. The summed E-state index contributed by atoms with van der Waals surface area (Å²) >= 11 is 1.12. The summed E-state index contributed by atoms with van der Waals surface area (Å²) in [6.45, 7) is 31.1. The van der Waals surface area contributed by atoms with E-state index < -0.39 is 70.2 Å². The molecule has 28 nitrogen and oxygen atoms in total. The molecule has 0 fully saturated rings. The van der Waals surface area contributed by atoms with Crippen molar-refractivity contribution < 1.29 is 57.2 Å². The van der Waals surface area contributed by atoms with E-state index in [1.807, 2.05) is 146 Å². The molecule has 0 aromatic heterocycles. The summed E-state index contributed by atoms with van der Waals surface area (Å²) in [6, 6.07) is 70.7. The molecule has 29 heteroatoms. The molecule has 628 valence electrons. The molecule has 9 aromatic carbocycles. The highest BCUT2D eigenvalue weighted by atomic mass is 32.2. The number of nitrogens with zero attached hydrogens (tertiary/aromatic N) is 5. The van der Waals surface area contributed by atoms with E-state index in [9.17, 15) is 28.8 Å². The largest absolute Gasteiger partial charge is 0.444 e. The molecule has 9 rings (SSSR count). The smallest absolute Gasteiger partial charge is 0.437 e. The number of aliphatic imine (C=N–C) groups is 5. The summed E-state index contributed by atoms with van der Waals surface area (Å²) < 4.78 is 31.3. The lowest BCUT2D eigenvalue weighted by molar-refractivity contribution is 0.0545. The minimum Gasteiger partial charge on any atom is -0.444 e. The van der Waals surface area contributed by atoms with E-state index in [1.165, 1.54) is 22.3 Å². The number of ether oxygens (including phenoxy) is 6. The van der Waals surface area contributed by atoms with Crippen LogP contribution in [-0.4, -0.2) is 105 Å². The van der Waals surface area contributed by atoms with Gasteiger partial charge in [0.1, 0.15) is 33.6 Å². The number of thioether (sulfide) groups is 1. The van der Waals surface area contributed by atoms with Gasteiger partial charge in [-0.2, -0.15) is 4.99 Å². The predicted molar refractivity (Wildman–Crippen MR) is 482 cm³/mol. The third-order valence-electron chi connectivity index (χ3n) is 14.8. The number of hydrogen-bond donors (Lipinski definition) is 11. The number of rotatable bonds is 10. The number of nitrogens with one attached hydrogen (secondary N) is 5. The van der Waals surface area contributed by atoms with Crippen LogP contribution in [0.2, 0.25) is 0 Å². The average molecular weight is 1640 g/mol. The molecule has 6 amide bonds. The summed E-state index contributed by atoms with van der Waals surface area (Å²) in [5.74, 6) is -0.203. The first kappa shape index (κ1) is 94.2. The summed E-state index contributed by atoms with van der Waals surface area (Å²) in [7, 11) is 0. The van der Waals surface area contributed by atoms with E-state index in [4.69, 9.17) is 62.8 Å². The molecule has 0 aliphatic heterocycles. The number of amides is 6. The number of carbonyl (C=O) groups is 6. The SMILES string of the molecule is CC(C)(C)OC(=O)N=C(NC(=O)OC(C)(C)C)Nc1ccc(-c2ccc(-c3ccc(NC(=NC(=O)OC(C)(C)C)NC(=O)OC(C)(C)C)cc3)cc2)cc1.CSC(=NC(=O)OC(C)(C)C)NC(=O)OC(C)(C)C.NC(N)=Nc1ccc(-c2ccc(-c3ccc(N=C(N)N)cc3)cc2)cc1.Nc1ccc(-c2ccc(-c3ccc(N)cc3)cc2)cc1. The Morgan fingerprint density at radius 1 is 0.277 bits per heavy atom. The maximum atomic E-state index is 12.5. The van der Waals surface area contributed by atoms with Crippen LogP contribution < -0.4 is 61.0 Å². The van der Waals surface area contributed by atoms with Gasteiger partial charge in [0.05, 0.1) is 11.4 Å². The van der Waals surface area contributed by atoms with E-state index in [0.29, 0.717) is 11.4 Å². The van der Waals surface area contributed by atoms with Crippen molar-refractivity contribution in [2.75, 3.05) is 28.4 Å². The van der Waals surface area contributed by atoms with Gasteiger partial charge in [0, 0.05) is 22.7 Å². The van der Waals surface area contributed by atoms with Crippen LogP contribution in [0.15, 0.2) is 243 Å². The van der Waals surface area contributed by atoms with Crippen LogP contribution in [0.4, 0.5) is 62.9 Å². The number of nitrogens with two attached hydrogens (primary N) is 6. The van der Waals surface area contributed by atoms with Gasteiger partial charge in [-0.15, -0.1) is 9.98 Å². The van der Waals surface area contributed by atoms with Gasteiger partial charge in [0.15, 0.2) is 17.1 Å². The van der Waals surface area contributed by atoms with Crippen LogP contribution in [-0.2, 0) is 28.4 Å². The Bertz CT molecular complexity index is 4750. The predicted octanol–water partition coefficient (Wildman–Crippen LogP) is 19.7. The molecule has 9 aromatic rings. The second-order valence-electron chi connectivity index (χ2n) is 32.4. The van der Waals surface area contributed by atoms with Gasteiger partial charge >= 0.3 is 36.6 Å². The quantitative estimate of drug-likeness (QED) is 0.0262. The van der Waals surface area contributed by atoms with E-state index in [-0.39, 0.29) is 29.0 Å². The molecule has 0 saturated heterocycles. The molecule has 0 unspecified atom stereocenters. The Balaban J connectivity index is 0.000000277. The topological polar surface area (TPSA) is 436 Å². The van der Waals surface area contributed by atoms with E-state index in [1.54, 1.807) is 155 Å². The van der Waals surface area contributed by atoms with Crippen LogP contribution in [0.3, 0.4) is 0 Å². The van der Waals surface area contributed by atoms with Gasteiger partial charge < -0.3 is 73.5 Å². The second-order valence-corrected chi connectivity index (χ2v) is 33.2. The number of alkyl carbamates (subject to hydrolysis) is 3. The first-order chi connectivity index (χ1) is 55.5. The summed E-state index contributed by atoms with van der Waals surface area (Å²) in [5, 5.41) is 13.4. The summed E-state index contributed by atoms with van der Waals surface area (Å²) in [5.41, 5.74) is 45.7. The lowest BCUT2D eigenvalue weighted by atomic mass is 10.00. The monoisotopic (exact) mass is 1640 g/mol. The molecule has 0 heterocycles. The first-order valence-electron chi connectivity index (χ1n) is 37.6. The second kappa shape index (κ2) is 42.3. The Kier molecular flexibility index (Phi) is 33.4. The van der Waals surface area contributed by atoms with Crippen molar-refractivity contribution in [1.29, 1.82) is 0 Å². The van der Waals surface area contributed by atoms with Gasteiger partial charge in [-0.3, -0.25) is 16.0 Å². The van der Waals surface area contributed by atoms with Crippen LogP contribution >= 0.6 is 11.8 Å². The summed E-state index contributed by atoms with van der Waals surface area (Å²) in [6.07, 6.45) is -3.07. The number of carbonyl (C=O) groups excluding carboxylic acids is 6. The molecule has 0 saturated carbocycles. The Labute approximate surface area is 700 Å². The normalized spacial score (nSPS) is 11.7. The molecule has 0 radical (unpaired) electrons.